The van der Waals surface area contributed by atoms with Crippen molar-refractivity contribution in [1.29, 1.82) is 5.26 Å². The van der Waals surface area contributed by atoms with E-state index in [1.807, 2.05) is 188 Å². The summed E-state index contributed by atoms with van der Waals surface area (Å²) < 4.78 is 267. The number of benzene rings is 6. The third kappa shape index (κ3) is 68.9. The minimum absolute atomic E-state index is 0. The number of ether oxygens (including phenoxy) is 9. The number of hydrogen-bond donors (Lipinski definition) is 4. The van der Waals surface area contributed by atoms with Gasteiger partial charge in [0.1, 0.15) is 18.7 Å². The smallest absolute Gasteiger partial charge is 1.00 e. The van der Waals surface area contributed by atoms with Crippen molar-refractivity contribution in [2.75, 3.05) is 74.7 Å². The van der Waals surface area contributed by atoms with Crippen molar-refractivity contribution in [3.63, 3.8) is 0 Å². The molecule has 672 valence electrons. The second-order valence-electron chi connectivity index (χ2n) is 25.2. The molecule has 0 heterocycles. The van der Waals surface area contributed by atoms with Gasteiger partial charge in [-0.05, 0) is 59.4 Å². The van der Waals surface area contributed by atoms with Gasteiger partial charge < -0.3 is 76.7 Å². The zero-order valence-corrected chi connectivity index (χ0v) is 75.2. The van der Waals surface area contributed by atoms with Crippen LogP contribution in [0.15, 0.2) is 182 Å². The van der Waals surface area contributed by atoms with E-state index < -0.39 is 120 Å². The third-order valence-corrected chi connectivity index (χ3v) is 15.5. The number of methoxy groups -OCH3 is 4. The number of nitrogens with one attached hydrogen (secondary N) is 1. The van der Waals surface area contributed by atoms with E-state index >= 15 is 0 Å². The Hall–Kier alpha value is -5.18. The molecule has 17 nitrogen and oxygen atoms in total. The Labute approximate surface area is 748 Å². The second kappa shape index (κ2) is 71.1. The molecule has 0 radical (unpaired) electrons. The number of nitrogens with zero attached hydrogens (tertiary/aromatic N) is 1. The van der Waals surface area contributed by atoms with Crippen molar-refractivity contribution in [2.45, 2.75) is 190 Å². The van der Waals surface area contributed by atoms with E-state index in [1.54, 1.807) is 19.6 Å². The molecule has 39 heteroatoms. The number of aliphatic hydroxyl groups excluding tert-OH is 3. The molecule has 6 aromatic carbocycles. The molecule has 6 rings (SSSR count). The maximum atomic E-state index is 12.8. The SMILES string of the molecule is COC(CC(C#N)NCc1ccccc1)C(F)(F)F.COC(CC=O)C(F)(F)F.COC(CCO)C(F)(F)F.COC(CCOCc1ccccc1)C(F)(F)F.C[Si](C)(C)OC(CCOCc1ccccc1)C(F)(F)F.Cl.O=CCCOCc1ccccc1.OC(CCOCc1ccccc1)C(F)(F)F.OCCCOCc1ccccc1.[Cs+].[F-]. The number of rotatable bonds is 40. The molecule has 7 unspecified atom stereocenters. The van der Waals surface area contributed by atoms with Gasteiger partial charge in [-0.3, -0.25) is 5.32 Å². The largest absolute Gasteiger partial charge is 1.00 e. The van der Waals surface area contributed by atoms with Crippen LogP contribution in [-0.4, -0.2) is 191 Å². The number of aliphatic hydroxyl groups is 3. The summed E-state index contributed by atoms with van der Waals surface area (Å²) in [4.78, 5) is 19.6. The normalized spacial score (nSPS) is 13.1. The Bertz CT molecular complexity index is 3340. The zero-order valence-electron chi connectivity index (χ0n) is 67.1. The van der Waals surface area contributed by atoms with Gasteiger partial charge in [-0.25, -0.2) is 0 Å². The Balaban J connectivity index is -0.000000419. The van der Waals surface area contributed by atoms with Crippen molar-refractivity contribution in [2.24, 2.45) is 0 Å². The van der Waals surface area contributed by atoms with Crippen molar-refractivity contribution in [1.82, 2.24) is 5.32 Å². The topological polar surface area (TPSA) is 223 Å². The zero-order chi connectivity index (χ0) is 88.0. The molecule has 0 bridgehead atoms. The Morgan fingerprint density at radius 3 is 0.950 bits per heavy atom. The number of alkyl halides is 18. The van der Waals surface area contributed by atoms with Crippen molar-refractivity contribution >= 4 is 33.3 Å². The summed E-state index contributed by atoms with van der Waals surface area (Å²) in [6, 6.07) is 57.8. The van der Waals surface area contributed by atoms with Crippen LogP contribution >= 0.6 is 12.4 Å². The van der Waals surface area contributed by atoms with E-state index in [1.165, 1.54) is 5.56 Å². The summed E-state index contributed by atoms with van der Waals surface area (Å²) in [5, 5.41) is 37.0. The van der Waals surface area contributed by atoms with Crippen LogP contribution in [0, 0.1) is 11.3 Å². The molecule has 0 amide bonds. The molecule has 0 fully saturated rings. The average Bonchev–Trinajstić information content (AvgIpc) is 0.859. The quantitative estimate of drug-likeness (QED) is 0.0121. The molecule has 0 saturated carbocycles. The first-order chi connectivity index (χ1) is 54.6. The molecular weight excluding hydrogens is 1790 g/mol. The monoisotopic (exact) mass is 1890 g/mol. The maximum absolute atomic E-state index is 12.8. The number of nitriles is 1. The molecule has 4 N–H and O–H groups in total. The molecule has 7 atom stereocenters. The first kappa shape index (κ1) is 122. The standard InChI is InChI=1S/C14H21F3O2Si.C13H15F3N2O.C12H15F3O2.C11H13F3O2.C10H14O2.C10H12O2.C5H9F3O2.C5H7F3O2.ClH.Cs.FH/c1-20(2,3)19-13(14(15,16)17)9-10-18-11-12-7-5-4-6-8-12;1-19-12(13(14,15)16)7-11(8-17)18-9-10-5-3-2-4-6-10;1-16-11(12(13,14)15)7-8-17-9-10-5-3-2-4-6-10;12-11(13,14)10(15)6-7-16-8-9-4-2-1-3-5-9;2*11-7-4-8-12-9-10-5-2-1-3-6-10;2*1-10-4(2-3-9)5(6,7)8;;;/h4-8,13H,9-11H2,1-3H3;2-6,11-12,18H,7,9H2,1H3;2-6,11H,7-9H2,1H3;1-5,10,15H,6-8H2;1-3,5-6,11H,4,7-9H2;1-3,5-7H,4,8-9H2;4,9H,2-3H2,1H3;3-4H,2H2,1H3;1H;;1H/q;;;;;;;;;+1;/p-1. The van der Waals surface area contributed by atoms with Gasteiger partial charge in [-0.15, -0.1) is 12.4 Å². The minimum Gasteiger partial charge on any atom is -1.00 e. The Morgan fingerprint density at radius 2 is 0.697 bits per heavy atom. The van der Waals surface area contributed by atoms with Gasteiger partial charge in [0.05, 0.1) is 51.8 Å². The molecule has 0 saturated heterocycles. The van der Waals surface area contributed by atoms with Gasteiger partial charge in [0.15, 0.2) is 38.8 Å². The fourth-order valence-electron chi connectivity index (χ4n) is 8.57. The Kier molecular flexibility index (Phi) is 73.1. The van der Waals surface area contributed by atoms with Gasteiger partial charge in [-0.1, -0.05) is 182 Å². The summed E-state index contributed by atoms with van der Waals surface area (Å²) in [6.45, 7) is 8.47. The average molecular weight is 1890 g/mol. The fourth-order valence-corrected chi connectivity index (χ4v) is 9.67. The van der Waals surface area contributed by atoms with Crippen LogP contribution in [0.4, 0.5) is 79.0 Å². The van der Waals surface area contributed by atoms with Gasteiger partial charge in [0, 0.05) is 120 Å². The van der Waals surface area contributed by atoms with Crippen LogP contribution in [-0.2, 0) is 96.2 Å². The van der Waals surface area contributed by atoms with Crippen LogP contribution in [0.1, 0.15) is 84.7 Å². The van der Waals surface area contributed by atoms with Gasteiger partial charge in [-0.2, -0.15) is 84.3 Å². The molecule has 0 aliphatic carbocycles. The number of hydrogen-bond acceptors (Lipinski definition) is 17. The molecule has 119 heavy (non-hydrogen) atoms. The van der Waals surface area contributed by atoms with E-state index in [9.17, 15) is 88.6 Å². The van der Waals surface area contributed by atoms with Crippen molar-refractivity contribution in [3.05, 3.63) is 215 Å². The molecule has 0 spiro atoms. The first-order valence-corrected chi connectivity index (χ1v) is 39.2. The summed E-state index contributed by atoms with van der Waals surface area (Å²) >= 11 is 0. The van der Waals surface area contributed by atoms with Gasteiger partial charge in [0.25, 0.3) is 0 Å². The Morgan fingerprint density at radius 1 is 0.403 bits per heavy atom. The number of carbonyl (C=O) groups excluding carboxylic acids is 2. The van der Waals surface area contributed by atoms with Gasteiger partial charge >= 0.3 is 106 Å². The van der Waals surface area contributed by atoms with Crippen molar-refractivity contribution in [3.8, 4) is 6.07 Å². The predicted molar refractivity (Wildman–Crippen MR) is 407 cm³/mol. The molecule has 6 aromatic rings. The molecular formula is C80H107ClCsF19N2O15Si. The number of aldehydes is 2. The van der Waals surface area contributed by atoms with E-state index in [-0.39, 0.29) is 138 Å². The minimum atomic E-state index is -4.56. The molecule has 0 aliphatic heterocycles. The van der Waals surface area contributed by atoms with Crippen LogP contribution < -0.4 is 78.9 Å². The molecule has 0 aromatic heterocycles. The van der Waals surface area contributed by atoms with E-state index in [0.29, 0.717) is 59.0 Å². The first-order valence-electron chi connectivity index (χ1n) is 35.8. The third-order valence-electron chi connectivity index (χ3n) is 14.5. The summed E-state index contributed by atoms with van der Waals surface area (Å²) in [5.41, 5.74) is 6.00. The van der Waals surface area contributed by atoms with Gasteiger partial charge in [0.2, 0.25) is 0 Å². The van der Waals surface area contributed by atoms with Crippen LogP contribution in [0.25, 0.3) is 0 Å². The van der Waals surface area contributed by atoms with Crippen LogP contribution in [0.2, 0.25) is 19.6 Å². The van der Waals surface area contributed by atoms with E-state index in [2.05, 4.69) is 24.3 Å². The molecule has 0 aliphatic rings. The summed E-state index contributed by atoms with van der Waals surface area (Å²) in [7, 11) is 1.70. The maximum Gasteiger partial charge on any atom is 1.00 e. The van der Waals surface area contributed by atoms with E-state index in [0.717, 1.165) is 62.5 Å². The van der Waals surface area contributed by atoms with Crippen LogP contribution in [0.5, 0.6) is 0 Å². The predicted octanol–water partition coefficient (Wildman–Crippen LogP) is 12.6. The number of carbonyl (C=O) groups is 2. The number of halogens is 20. The van der Waals surface area contributed by atoms with Crippen molar-refractivity contribution < 1.29 is 225 Å². The summed E-state index contributed by atoms with van der Waals surface area (Å²) in [5.74, 6) is 0. The van der Waals surface area contributed by atoms with E-state index in [4.69, 9.17) is 48.7 Å². The summed E-state index contributed by atoms with van der Waals surface area (Å²) in [6.07, 6.45) is -38.0. The second-order valence-corrected chi connectivity index (χ2v) is 29.6. The van der Waals surface area contributed by atoms with Crippen LogP contribution in [0.3, 0.4) is 0 Å². The fraction of sp³-hybridized carbons (Fsp3) is 0.512.